The summed E-state index contributed by atoms with van der Waals surface area (Å²) in [6, 6.07) is 5.78. The molecule has 106 valence electrons. The molecule has 2 aromatic rings. The third-order valence-corrected chi connectivity index (χ3v) is 3.99. The second-order valence-corrected chi connectivity index (χ2v) is 5.35. The van der Waals surface area contributed by atoms with Gasteiger partial charge < -0.3 is 9.26 Å². The van der Waals surface area contributed by atoms with Gasteiger partial charge >= 0.3 is 0 Å². The molecule has 1 saturated carbocycles. The monoisotopic (exact) mass is 273 g/mol. The lowest BCUT2D eigenvalue weighted by molar-refractivity contribution is -0.0672. The molecule has 2 aromatic heterocycles. The van der Waals surface area contributed by atoms with Gasteiger partial charge in [0.1, 0.15) is 11.3 Å². The average molecular weight is 273 g/mol. The zero-order chi connectivity index (χ0) is 14.0. The van der Waals surface area contributed by atoms with E-state index in [-0.39, 0.29) is 0 Å². The second-order valence-electron chi connectivity index (χ2n) is 5.35. The first-order chi connectivity index (χ1) is 9.73. The minimum absolute atomic E-state index is 0.409. The van der Waals surface area contributed by atoms with E-state index in [1.807, 2.05) is 25.1 Å². The Morgan fingerprint density at radius 3 is 2.65 bits per heavy atom. The number of ether oxygens (including phenoxy) is 1. The molecule has 3 rings (SSSR count). The van der Waals surface area contributed by atoms with Gasteiger partial charge in [0.25, 0.3) is 5.89 Å². The highest BCUT2D eigenvalue weighted by Crippen LogP contribution is 2.39. The predicted octanol–water partition coefficient (Wildman–Crippen LogP) is 3.25. The summed E-state index contributed by atoms with van der Waals surface area (Å²) in [4.78, 5) is 8.95. The number of methoxy groups -OCH3 is 1. The Balaban J connectivity index is 1.93. The van der Waals surface area contributed by atoms with Crippen molar-refractivity contribution >= 4 is 0 Å². The van der Waals surface area contributed by atoms with Gasteiger partial charge in [0, 0.05) is 12.8 Å². The Hall–Kier alpha value is -1.75. The summed E-state index contributed by atoms with van der Waals surface area (Å²) in [5.74, 6) is 1.11. The zero-order valence-electron chi connectivity index (χ0n) is 11.9. The number of hydrogen-bond acceptors (Lipinski definition) is 5. The molecule has 0 atom stereocenters. The minimum Gasteiger partial charge on any atom is -0.368 e. The van der Waals surface area contributed by atoms with Crippen molar-refractivity contribution in [2.45, 2.75) is 44.6 Å². The van der Waals surface area contributed by atoms with Crippen LogP contribution >= 0.6 is 0 Å². The normalized spacial score (nSPS) is 18.1. The Kier molecular flexibility index (Phi) is 3.53. The van der Waals surface area contributed by atoms with Gasteiger partial charge in [-0.05, 0) is 31.9 Å². The highest BCUT2D eigenvalue weighted by atomic mass is 16.5. The van der Waals surface area contributed by atoms with Gasteiger partial charge in [-0.2, -0.15) is 4.98 Å². The van der Waals surface area contributed by atoms with Crippen molar-refractivity contribution in [1.82, 2.24) is 15.1 Å². The maximum atomic E-state index is 5.72. The van der Waals surface area contributed by atoms with Crippen molar-refractivity contribution in [2.75, 3.05) is 7.11 Å². The van der Waals surface area contributed by atoms with E-state index < -0.39 is 5.60 Å². The molecule has 0 radical (unpaired) electrons. The Labute approximate surface area is 118 Å². The minimum atomic E-state index is -0.409. The number of pyridine rings is 1. The summed E-state index contributed by atoms with van der Waals surface area (Å²) in [5, 5.41) is 4.07. The standard InChI is InChI=1S/C15H19N3O2/c1-11-7-6-8-12(16-11)13-17-14(20-18-13)15(19-2)9-4-3-5-10-15/h6-8H,3-5,9-10H2,1-2H3. The van der Waals surface area contributed by atoms with Crippen LogP contribution in [0.15, 0.2) is 22.7 Å². The lowest BCUT2D eigenvalue weighted by atomic mass is 9.84. The fraction of sp³-hybridized carbons (Fsp3) is 0.533. The first-order valence-electron chi connectivity index (χ1n) is 7.07. The lowest BCUT2D eigenvalue weighted by Gasteiger charge is -2.32. The van der Waals surface area contributed by atoms with Crippen molar-refractivity contribution < 1.29 is 9.26 Å². The maximum Gasteiger partial charge on any atom is 0.259 e. The molecule has 5 nitrogen and oxygen atoms in total. The van der Waals surface area contributed by atoms with E-state index in [9.17, 15) is 0 Å². The van der Waals surface area contributed by atoms with Crippen molar-refractivity contribution in [3.05, 3.63) is 29.8 Å². The summed E-state index contributed by atoms with van der Waals surface area (Å²) >= 11 is 0. The van der Waals surface area contributed by atoms with Crippen LogP contribution < -0.4 is 0 Å². The van der Waals surface area contributed by atoms with Crippen LogP contribution in [0.1, 0.15) is 43.7 Å². The fourth-order valence-electron chi connectivity index (χ4n) is 2.81. The third-order valence-electron chi connectivity index (χ3n) is 3.99. The molecular weight excluding hydrogens is 254 g/mol. The molecule has 2 heterocycles. The predicted molar refractivity (Wildman–Crippen MR) is 74.0 cm³/mol. The van der Waals surface area contributed by atoms with Crippen LogP contribution in [-0.4, -0.2) is 22.2 Å². The van der Waals surface area contributed by atoms with E-state index in [0.717, 1.165) is 37.1 Å². The molecule has 0 saturated heterocycles. The number of aromatic nitrogens is 3. The molecule has 0 aliphatic heterocycles. The molecule has 1 aliphatic rings. The first-order valence-corrected chi connectivity index (χ1v) is 7.07. The van der Waals surface area contributed by atoms with Crippen LogP contribution in [-0.2, 0) is 10.3 Å². The van der Waals surface area contributed by atoms with E-state index >= 15 is 0 Å². The quantitative estimate of drug-likeness (QED) is 0.859. The summed E-state index contributed by atoms with van der Waals surface area (Å²) in [6.07, 6.45) is 5.38. The Bertz CT molecular complexity index is 588. The summed E-state index contributed by atoms with van der Waals surface area (Å²) in [7, 11) is 1.72. The Morgan fingerprint density at radius 1 is 1.15 bits per heavy atom. The van der Waals surface area contributed by atoms with Crippen LogP contribution in [0.4, 0.5) is 0 Å². The van der Waals surface area contributed by atoms with Gasteiger partial charge in [-0.25, -0.2) is 4.98 Å². The van der Waals surface area contributed by atoms with Gasteiger partial charge in [0.15, 0.2) is 0 Å². The number of nitrogens with zero attached hydrogens (tertiary/aromatic N) is 3. The summed E-state index contributed by atoms with van der Waals surface area (Å²) < 4.78 is 11.2. The van der Waals surface area contributed by atoms with E-state index in [0.29, 0.717) is 11.7 Å². The van der Waals surface area contributed by atoms with Crippen LogP contribution in [0.2, 0.25) is 0 Å². The van der Waals surface area contributed by atoms with Gasteiger partial charge in [-0.1, -0.05) is 30.5 Å². The summed E-state index contributed by atoms with van der Waals surface area (Å²) in [6.45, 7) is 1.95. The molecule has 20 heavy (non-hydrogen) atoms. The van der Waals surface area contributed by atoms with Crippen molar-refractivity contribution in [1.29, 1.82) is 0 Å². The fourth-order valence-corrected chi connectivity index (χ4v) is 2.81. The smallest absolute Gasteiger partial charge is 0.259 e. The van der Waals surface area contributed by atoms with E-state index in [1.54, 1.807) is 7.11 Å². The third kappa shape index (κ3) is 2.33. The number of aryl methyl sites for hydroxylation is 1. The van der Waals surface area contributed by atoms with E-state index in [2.05, 4.69) is 15.1 Å². The zero-order valence-corrected chi connectivity index (χ0v) is 11.9. The van der Waals surface area contributed by atoms with Crippen LogP contribution in [0.3, 0.4) is 0 Å². The average Bonchev–Trinajstić information content (AvgIpc) is 2.98. The number of rotatable bonds is 3. The van der Waals surface area contributed by atoms with Gasteiger partial charge in [0.2, 0.25) is 5.82 Å². The van der Waals surface area contributed by atoms with Crippen LogP contribution in [0, 0.1) is 6.92 Å². The number of hydrogen-bond donors (Lipinski definition) is 0. The molecule has 0 amide bonds. The van der Waals surface area contributed by atoms with Crippen molar-refractivity contribution in [3.63, 3.8) is 0 Å². The topological polar surface area (TPSA) is 61.0 Å². The second kappa shape index (κ2) is 5.32. The van der Waals surface area contributed by atoms with Crippen molar-refractivity contribution in [3.8, 4) is 11.5 Å². The molecule has 0 bridgehead atoms. The summed E-state index contributed by atoms with van der Waals surface area (Å²) in [5.41, 5.74) is 1.27. The maximum absolute atomic E-state index is 5.72. The molecule has 1 fully saturated rings. The molecule has 1 aliphatic carbocycles. The van der Waals surface area contributed by atoms with E-state index in [4.69, 9.17) is 9.26 Å². The highest BCUT2D eigenvalue weighted by molar-refractivity contribution is 5.48. The lowest BCUT2D eigenvalue weighted by Crippen LogP contribution is -2.31. The van der Waals surface area contributed by atoms with Crippen molar-refractivity contribution in [2.24, 2.45) is 0 Å². The van der Waals surface area contributed by atoms with E-state index in [1.165, 1.54) is 6.42 Å². The Morgan fingerprint density at radius 2 is 1.95 bits per heavy atom. The largest absolute Gasteiger partial charge is 0.368 e. The molecule has 0 aromatic carbocycles. The molecule has 0 spiro atoms. The molecule has 0 N–H and O–H groups in total. The van der Waals surface area contributed by atoms with Crippen LogP contribution in [0.25, 0.3) is 11.5 Å². The van der Waals surface area contributed by atoms with Gasteiger partial charge in [-0.3, -0.25) is 0 Å². The highest BCUT2D eigenvalue weighted by Gasteiger charge is 2.39. The first kappa shape index (κ1) is 13.2. The van der Waals surface area contributed by atoms with Crippen LogP contribution in [0.5, 0.6) is 0 Å². The molecule has 0 unspecified atom stereocenters. The molecular formula is C15H19N3O2. The molecule has 5 heteroatoms. The SMILES string of the molecule is COC1(c2nc(-c3cccc(C)n3)no2)CCCCC1. The van der Waals surface area contributed by atoms with Gasteiger partial charge in [-0.15, -0.1) is 0 Å². The van der Waals surface area contributed by atoms with Gasteiger partial charge in [0.05, 0.1) is 0 Å².